The van der Waals surface area contributed by atoms with Gasteiger partial charge in [-0.05, 0) is 24.7 Å². The average molecular weight is 397 g/mol. The molecule has 0 N–H and O–H groups in total. The lowest BCUT2D eigenvalue weighted by Gasteiger charge is -2.16. The summed E-state index contributed by atoms with van der Waals surface area (Å²) < 4.78 is 6.84. The number of imide groups is 1. The fraction of sp³-hybridized carbons (Fsp3) is 0.263. The second-order valence-corrected chi connectivity index (χ2v) is 7.47. The van der Waals surface area contributed by atoms with Crippen LogP contribution in [0.3, 0.4) is 0 Å². The van der Waals surface area contributed by atoms with Crippen molar-refractivity contribution in [2.45, 2.75) is 26.9 Å². The molecule has 1 aliphatic heterocycles. The van der Waals surface area contributed by atoms with E-state index in [-0.39, 0.29) is 18.5 Å². The Labute approximate surface area is 164 Å². The van der Waals surface area contributed by atoms with Gasteiger partial charge < -0.3 is 9.42 Å². The van der Waals surface area contributed by atoms with Gasteiger partial charge in [0.1, 0.15) is 12.3 Å². The van der Waals surface area contributed by atoms with E-state index in [1.54, 1.807) is 10.9 Å². The number of benzene rings is 1. The molecule has 2 aromatic heterocycles. The molecular formula is C19H20N5O3P. The molecule has 1 aromatic carbocycles. The van der Waals surface area contributed by atoms with E-state index >= 15 is 0 Å². The van der Waals surface area contributed by atoms with E-state index < -0.39 is 0 Å². The Morgan fingerprint density at radius 1 is 1.14 bits per heavy atom. The maximum atomic E-state index is 12.8. The van der Waals surface area contributed by atoms with Gasteiger partial charge in [0.25, 0.3) is 5.91 Å². The number of hydrogen-bond donors (Lipinski definition) is 0. The molecule has 1 atom stereocenters. The zero-order valence-electron chi connectivity index (χ0n) is 15.6. The third-order valence-corrected chi connectivity index (χ3v) is 5.15. The fourth-order valence-corrected chi connectivity index (χ4v) is 3.41. The van der Waals surface area contributed by atoms with Crippen LogP contribution in [0.1, 0.15) is 22.6 Å². The highest BCUT2D eigenvalue weighted by molar-refractivity contribution is 7.27. The summed E-state index contributed by atoms with van der Waals surface area (Å²) in [4.78, 5) is 28.0. The molecule has 1 aliphatic rings. The summed E-state index contributed by atoms with van der Waals surface area (Å²) in [5.41, 5.74) is 3.17. The van der Waals surface area contributed by atoms with Crippen molar-refractivity contribution in [2.75, 3.05) is 11.4 Å². The number of hydrogen-bond acceptors (Lipinski definition) is 5. The van der Waals surface area contributed by atoms with Crippen LogP contribution in [0.2, 0.25) is 0 Å². The minimum atomic E-state index is -0.336. The summed E-state index contributed by atoms with van der Waals surface area (Å²) in [7, 11) is 2.62. The zero-order chi connectivity index (χ0) is 19.8. The average Bonchev–Trinajstić information content (AvgIpc) is 3.32. The number of aryl methyl sites for hydroxylation is 2. The van der Waals surface area contributed by atoms with Crippen LogP contribution in [0.25, 0.3) is 0 Å². The van der Waals surface area contributed by atoms with Gasteiger partial charge in [-0.3, -0.25) is 9.48 Å². The van der Waals surface area contributed by atoms with Crippen molar-refractivity contribution in [3.8, 4) is 0 Å². The Balaban J connectivity index is 1.50. The lowest BCUT2D eigenvalue weighted by atomic mass is 10.2. The molecular weight excluding hydrogens is 377 g/mol. The van der Waals surface area contributed by atoms with Gasteiger partial charge in [-0.15, -0.1) is 9.24 Å². The first-order valence-corrected chi connectivity index (χ1v) is 9.40. The molecule has 0 saturated carbocycles. The fourth-order valence-electron chi connectivity index (χ4n) is 3.22. The summed E-state index contributed by atoms with van der Waals surface area (Å²) in [5, 5.41) is 9.29. The summed E-state index contributed by atoms with van der Waals surface area (Å²) in [6.07, 6.45) is 3.22. The molecule has 144 valence electrons. The van der Waals surface area contributed by atoms with Crippen LogP contribution in [0.5, 0.6) is 0 Å². The van der Waals surface area contributed by atoms with E-state index in [0.29, 0.717) is 18.8 Å². The summed E-state index contributed by atoms with van der Waals surface area (Å²) >= 11 is 0. The van der Waals surface area contributed by atoms with Crippen LogP contribution in [0.15, 0.2) is 41.2 Å². The first-order chi connectivity index (χ1) is 13.4. The van der Waals surface area contributed by atoms with E-state index in [0.717, 1.165) is 27.9 Å². The molecule has 0 bridgehead atoms. The van der Waals surface area contributed by atoms with Crippen molar-refractivity contribution < 1.29 is 14.1 Å². The number of rotatable bonds is 5. The molecule has 0 aliphatic carbocycles. The highest BCUT2D eigenvalue weighted by Crippen LogP contribution is 2.23. The lowest BCUT2D eigenvalue weighted by Crippen LogP contribution is -2.32. The number of carbonyl (C=O) groups is 2. The third-order valence-electron chi connectivity index (χ3n) is 4.77. The number of urea groups is 1. The van der Waals surface area contributed by atoms with Crippen LogP contribution in [0, 0.1) is 13.8 Å². The predicted molar refractivity (Wildman–Crippen MR) is 106 cm³/mol. The first kappa shape index (κ1) is 18.4. The SMILES string of the molecule is Cc1noc(C)c1Cn1cc(N2C(=O)CN(Cc3ccc(P)cc3)C2=O)cn1. The monoisotopic (exact) mass is 397 g/mol. The standard InChI is InChI=1S/C19H20N5O3P/c1-12-17(13(2)27-21-12)10-23-9-15(7-20-23)24-18(25)11-22(19(24)26)8-14-3-5-16(28)6-4-14/h3-7,9H,8,10-11,28H2,1-2H3. The van der Waals surface area contributed by atoms with Gasteiger partial charge in [0.05, 0.1) is 24.1 Å². The Bertz CT molecular complexity index is 1020. The van der Waals surface area contributed by atoms with Crippen LogP contribution < -0.4 is 10.2 Å². The van der Waals surface area contributed by atoms with Gasteiger partial charge in [0, 0.05) is 18.3 Å². The highest BCUT2D eigenvalue weighted by Gasteiger charge is 2.37. The minimum absolute atomic E-state index is 0.0521. The summed E-state index contributed by atoms with van der Waals surface area (Å²) in [6, 6.07) is 7.48. The van der Waals surface area contributed by atoms with Crippen LogP contribution in [-0.4, -0.2) is 38.3 Å². The Kier molecular flexibility index (Phi) is 4.73. The molecule has 8 nitrogen and oxygen atoms in total. The van der Waals surface area contributed by atoms with Crippen molar-refractivity contribution in [3.05, 3.63) is 59.2 Å². The Morgan fingerprint density at radius 3 is 2.57 bits per heavy atom. The van der Waals surface area contributed by atoms with Crippen LogP contribution in [0.4, 0.5) is 10.5 Å². The molecule has 3 amide bonds. The second kappa shape index (κ2) is 7.20. The molecule has 9 heteroatoms. The molecule has 28 heavy (non-hydrogen) atoms. The predicted octanol–water partition coefficient (Wildman–Crippen LogP) is 2.01. The van der Waals surface area contributed by atoms with E-state index in [1.807, 2.05) is 38.1 Å². The van der Waals surface area contributed by atoms with Crippen molar-refractivity contribution >= 4 is 32.2 Å². The molecule has 3 aromatic rings. The summed E-state index contributed by atoms with van der Waals surface area (Å²) in [5.74, 6) is 0.468. The molecule has 4 rings (SSSR count). The zero-order valence-corrected chi connectivity index (χ0v) is 16.8. The smallest absolute Gasteiger partial charge is 0.332 e. The second-order valence-electron chi connectivity index (χ2n) is 6.81. The maximum Gasteiger partial charge on any atom is 0.332 e. The van der Waals surface area contributed by atoms with Gasteiger partial charge in [-0.2, -0.15) is 5.10 Å². The van der Waals surface area contributed by atoms with Crippen molar-refractivity contribution in [1.29, 1.82) is 0 Å². The van der Waals surface area contributed by atoms with E-state index in [1.165, 1.54) is 16.0 Å². The van der Waals surface area contributed by atoms with Crippen molar-refractivity contribution in [1.82, 2.24) is 19.8 Å². The highest BCUT2D eigenvalue weighted by atomic mass is 31.0. The van der Waals surface area contributed by atoms with Crippen LogP contribution >= 0.6 is 9.24 Å². The molecule has 1 fully saturated rings. The molecule has 0 radical (unpaired) electrons. The molecule has 1 saturated heterocycles. The number of anilines is 1. The third kappa shape index (κ3) is 3.43. The van der Waals surface area contributed by atoms with Gasteiger partial charge in [-0.25, -0.2) is 9.69 Å². The van der Waals surface area contributed by atoms with Gasteiger partial charge in [-0.1, -0.05) is 29.4 Å². The quantitative estimate of drug-likeness (QED) is 0.486. The minimum Gasteiger partial charge on any atom is -0.361 e. The number of nitrogens with zero attached hydrogens (tertiary/aromatic N) is 5. The van der Waals surface area contributed by atoms with Crippen LogP contribution in [-0.2, 0) is 17.9 Å². The largest absolute Gasteiger partial charge is 0.361 e. The molecule has 3 heterocycles. The topological polar surface area (TPSA) is 84.5 Å². The molecule has 1 unspecified atom stereocenters. The Morgan fingerprint density at radius 2 is 1.89 bits per heavy atom. The number of amides is 3. The number of aromatic nitrogens is 3. The first-order valence-electron chi connectivity index (χ1n) is 8.83. The molecule has 0 spiro atoms. The van der Waals surface area contributed by atoms with Gasteiger partial charge in [0.2, 0.25) is 0 Å². The normalized spacial score (nSPS) is 14.4. The van der Waals surface area contributed by atoms with Crippen molar-refractivity contribution in [3.63, 3.8) is 0 Å². The van der Waals surface area contributed by atoms with Gasteiger partial charge >= 0.3 is 6.03 Å². The van der Waals surface area contributed by atoms with E-state index in [9.17, 15) is 9.59 Å². The van der Waals surface area contributed by atoms with Gasteiger partial charge in [0.15, 0.2) is 0 Å². The maximum absolute atomic E-state index is 12.8. The summed E-state index contributed by atoms with van der Waals surface area (Å²) in [6.45, 7) is 4.61. The number of carbonyl (C=O) groups excluding carboxylic acids is 2. The van der Waals surface area contributed by atoms with E-state index in [4.69, 9.17) is 4.52 Å². The van der Waals surface area contributed by atoms with E-state index in [2.05, 4.69) is 19.5 Å². The van der Waals surface area contributed by atoms with Crippen molar-refractivity contribution in [2.24, 2.45) is 0 Å². The lowest BCUT2D eigenvalue weighted by molar-refractivity contribution is -0.116. The Hall–Kier alpha value is -2.99.